The molecule has 1 saturated heterocycles. The van der Waals surface area contributed by atoms with Crippen LogP contribution in [0.4, 0.5) is 0 Å². The number of ketones is 1. The van der Waals surface area contributed by atoms with E-state index in [1.807, 2.05) is 73.1 Å². The molecule has 0 radical (unpaired) electrons. The van der Waals surface area contributed by atoms with Gasteiger partial charge in [0.05, 0.1) is 18.8 Å². The van der Waals surface area contributed by atoms with Gasteiger partial charge < -0.3 is 19.3 Å². The number of nitrogens with zero attached hydrogens (tertiary/aromatic N) is 2. The molecule has 2 heterocycles. The Morgan fingerprint density at radius 1 is 1.00 bits per heavy atom. The van der Waals surface area contributed by atoms with Gasteiger partial charge in [-0.05, 0) is 49.9 Å². The summed E-state index contributed by atoms with van der Waals surface area (Å²) in [5.74, 6) is 0.446. The maximum absolute atomic E-state index is 13.7. The summed E-state index contributed by atoms with van der Waals surface area (Å²) < 4.78 is 7.13. The SMILES string of the molecule is COc1ccc(Cn2cc(C)c(C(=O)c3ccc(C)cc3)c2C(=O)N2CCC(O)CC2)cc1. The molecule has 0 unspecified atom stereocenters. The topological polar surface area (TPSA) is 71.8 Å². The highest BCUT2D eigenvalue weighted by Crippen LogP contribution is 2.26. The van der Waals surface area contributed by atoms with Gasteiger partial charge in [-0.2, -0.15) is 0 Å². The van der Waals surface area contributed by atoms with Gasteiger partial charge in [-0.3, -0.25) is 9.59 Å². The van der Waals surface area contributed by atoms with Crippen molar-refractivity contribution in [3.63, 3.8) is 0 Å². The van der Waals surface area contributed by atoms with Crippen molar-refractivity contribution >= 4 is 11.7 Å². The molecule has 0 aliphatic carbocycles. The van der Waals surface area contributed by atoms with E-state index in [0.717, 1.165) is 22.4 Å². The second kappa shape index (κ2) is 9.63. The largest absolute Gasteiger partial charge is 0.497 e. The lowest BCUT2D eigenvalue weighted by Gasteiger charge is -2.30. The van der Waals surface area contributed by atoms with Gasteiger partial charge in [0, 0.05) is 31.4 Å². The third kappa shape index (κ3) is 4.86. The fourth-order valence-electron chi connectivity index (χ4n) is 4.33. The van der Waals surface area contributed by atoms with Crippen LogP contribution in [0.15, 0.2) is 54.7 Å². The molecule has 0 bridgehead atoms. The van der Waals surface area contributed by atoms with Gasteiger partial charge in [0.2, 0.25) is 0 Å². The molecule has 1 fully saturated rings. The Bertz CT molecular complexity index is 1140. The number of carbonyl (C=O) groups is 2. The molecule has 172 valence electrons. The van der Waals surface area contributed by atoms with E-state index in [2.05, 4.69) is 0 Å². The number of carbonyl (C=O) groups excluding carboxylic acids is 2. The van der Waals surface area contributed by atoms with E-state index in [1.54, 1.807) is 12.0 Å². The van der Waals surface area contributed by atoms with Crippen LogP contribution in [-0.4, -0.2) is 52.6 Å². The molecule has 1 aliphatic rings. The number of ether oxygens (including phenoxy) is 1. The number of rotatable bonds is 6. The van der Waals surface area contributed by atoms with E-state index < -0.39 is 0 Å². The highest BCUT2D eigenvalue weighted by atomic mass is 16.5. The molecular formula is C27H30N2O4. The Balaban J connectivity index is 1.75. The van der Waals surface area contributed by atoms with Crippen LogP contribution in [0.25, 0.3) is 0 Å². The fourth-order valence-corrected chi connectivity index (χ4v) is 4.33. The van der Waals surface area contributed by atoms with Crippen LogP contribution < -0.4 is 4.74 Å². The fraction of sp³-hybridized carbons (Fsp3) is 0.333. The summed E-state index contributed by atoms with van der Waals surface area (Å²) in [4.78, 5) is 29.0. The van der Waals surface area contributed by atoms with E-state index in [1.165, 1.54) is 0 Å². The molecule has 3 aromatic rings. The Morgan fingerprint density at radius 2 is 1.64 bits per heavy atom. The number of aryl methyl sites for hydroxylation is 2. The van der Waals surface area contributed by atoms with Gasteiger partial charge >= 0.3 is 0 Å². The predicted octanol–water partition coefficient (Wildman–Crippen LogP) is 3.99. The van der Waals surface area contributed by atoms with Gasteiger partial charge in [-0.1, -0.05) is 42.0 Å². The molecular weight excluding hydrogens is 416 g/mol. The summed E-state index contributed by atoms with van der Waals surface area (Å²) in [5.41, 5.74) is 4.27. The number of hydrogen-bond donors (Lipinski definition) is 1. The minimum atomic E-state index is -0.379. The zero-order valence-corrected chi connectivity index (χ0v) is 19.4. The zero-order valence-electron chi connectivity index (χ0n) is 19.4. The molecule has 6 nitrogen and oxygen atoms in total. The summed E-state index contributed by atoms with van der Waals surface area (Å²) >= 11 is 0. The Morgan fingerprint density at radius 3 is 2.24 bits per heavy atom. The van der Waals surface area contributed by atoms with Crippen molar-refractivity contribution in [3.05, 3.63) is 88.2 Å². The van der Waals surface area contributed by atoms with Crippen molar-refractivity contribution in [2.75, 3.05) is 20.2 Å². The number of amides is 1. The van der Waals surface area contributed by atoms with Gasteiger partial charge in [0.1, 0.15) is 11.4 Å². The average molecular weight is 447 g/mol. The van der Waals surface area contributed by atoms with Crippen molar-refractivity contribution in [3.8, 4) is 5.75 Å². The summed E-state index contributed by atoms with van der Waals surface area (Å²) in [5, 5.41) is 9.88. The van der Waals surface area contributed by atoms with Crippen molar-refractivity contribution in [1.82, 2.24) is 9.47 Å². The van der Waals surface area contributed by atoms with Crippen LogP contribution in [0, 0.1) is 13.8 Å². The van der Waals surface area contributed by atoms with Crippen LogP contribution in [0.3, 0.4) is 0 Å². The molecule has 0 atom stereocenters. The van der Waals surface area contributed by atoms with Gasteiger partial charge in [-0.15, -0.1) is 0 Å². The molecule has 0 saturated carbocycles. The van der Waals surface area contributed by atoms with Crippen LogP contribution in [0.1, 0.15) is 55.9 Å². The summed E-state index contributed by atoms with van der Waals surface area (Å²) in [6.45, 7) is 5.27. The first-order valence-electron chi connectivity index (χ1n) is 11.3. The summed E-state index contributed by atoms with van der Waals surface area (Å²) in [6, 6.07) is 15.1. The maximum atomic E-state index is 13.7. The molecule has 33 heavy (non-hydrogen) atoms. The number of piperidine rings is 1. The monoisotopic (exact) mass is 446 g/mol. The van der Waals surface area contributed by atoms with Gasteiger partial charge in [0.25, 0.3) is 5.91 Å². The van der Waals surface area contributed by atoms with Crippen molar-refractivity contribution in [2.24, 2.45) is 0 Å². The van der Waals surface area contributed by atoms with Gasteiger partial charge in [-0.25, -0.2) is 0 Å². The second-order valence-corrected chi connectivity index (χ2v) is 8.73. The Hall–Kier alpha value is -3.38. The highest BCUT2D eigenvalue weighted by Gasteiger charge is 2.30. The van der Waals surface area contributed by atoms with Crippen molar-refractivity contribution < 1.29 is 19.4 Å². The van der Waals surface area contributed by atoms with Crippen LogP contribution in [0.2, 0.25) is 0 Å². The first-order valence-corrected chi connectivity index (χ1v) is 11.3. The second-order valence-electron chi connectivity index (χ2n) is 8.73. The van der Waals surface area contributed by atoms with E-state index in [4.69, 9.17) is 4.74 Å². The maximum Gasteiger partial charge on any atom is 0.271 e. The number of aliphatic hydroxyl groups is 1. The first kappa shape index (κ1) is 22.8. The lowest BCUT2D eigenvalue weighted by Crippen LogP contribution is -2.41. The number of methoxy groups -OCH3 is 1. The molecule has 4 rings (SSSR count). The lowest BCUT2D eigenvalue weighted by molar-refractivity contribution is 0.0535. The normalized spacial score (nSPS) is 14.4. The molecule has 1 amide bonds. The highest BCUT2D eigenvalue weighted by molar-refractivity contribution is 6.15. The lowest BCUT2D eigenvalue weighted by atomic mass is 9.98. The average Bonchev–Trinajstić information content (AvgIpc) is 3.15. The molecule has 2 aromatic carbocycles. The number of aromatic nitrogens is 1. The number of aliphatic hydroxyl groups excluding tert-OH is 1. The number of hydrogen-bond acceptors (Lipinski definition) is 4. The van der Waals surface area contributed by atoms with E-state index in [9.17, 15) is 14.7 Å². The third-order valence-electron chi connectivity index (χ3n) is 6.27. The molecule has 1 aliphatic heterocycles. The first-order chi connectivity index (χ1) is 15.9. The third-order valence-corrected chi connectivity index (χ3v) is 6.27. The standard InChI is InChI=1S/C27H30N2O4/c1-18-4-8-21(9-5-18)26(31)24-19(2)16-29(17-20-6-10-23(33-3)11-7-20)25(24)27(32)28-14-12-22(30)13-15-28/h4-11,16,22,30H,12-15,17H2,1-3H3. The molecule has 6 heteroatoms. The molecule has 0 spiro atoms. The summed E-state index contributed by atoms with van der Waals surface area (Å²) in [7, 11) is 1.62. The molecule has 1 aromatic heterocycles. The van der Waals surface area contributed by atoms with E-state index in [-0.39, 0.29) is 17.8 Å². The Labute approximate surface area is 194 Å². The quantitative estimate of drug-likeness (QED) is 0.581. The smallest absolute Gasteiger partial charge is 0.271 e. The molecule has 1 N–H and O–H groups in total. The minimum absolute atomic E-state index is 0.152. The predicted molar refractivity (Wildman–Crippen MR) is 127 cm³/mol. The van der Waals surface area contributed by atoms with Crippen LogP contribution >= 0.6 is 0 Å². The van der Waals surface area contributed by atoms with Crippen molar-refractivity contribution in [2.45, 2.75) is 39.3 Å². The minimum Gasteiger partial charge on any atom is -0.497 e. The van der Waals surface area contributed by atoms with Crippen LogP contribution in [-0.2, 0) is 6.54 Å². The Kier molecular flexibility index (Phi) is 6.65. The zero-order chi connectivity index (χ0) is 23.5. The van der Waals surface area contributed by atoms with Crippen molar-refractivity contribution in [1.29, 1.82) is 0 Å². The number of likely N-dealkylation sites (tertiary alicyclic amines) is 1. The summed E-state index contributed by atoms with van der Waals surface area (Å²) in [6.07, 6.45) is 2.60. The van der Waals surface area contributed by atoms with E-state index in [0.29, 0.717) is 49.3 Å². The van der Waals surface area contributed by atoms with Gasteiger partial charge in [0.15, 0.2) is 5.78 Å². The number of benzene rings is 2. The van der Waals surface area contributed by atoms with Crippen LogP contribution in [0.5, 0.6) is 5.75 Å². The van der Waals surface area contributed by atoms with E-state index >= 15 is 0 Å².